The van der Waals surface area contributed by atoms with Crippen molar-refractivity contribution in [1.29, 1.82) is 0 Å². The van der Waals surface area contributed by atoms with Gasteiger partial charge in [0.05, 0.1) is 0 Å². The van der Waals surface area contributed by atoms with Gasteiger partial charge < -0.3 is 0 Å². The van der Waals surface area contributed by atoms with Crippen molar-refractivity contribution in [1.82, 2.24) is 0 Å². The Morgan fingerprint density at radius 3 is 1.19 bits per heavy atom. The van der Waals surface area contributed by atoms with E-state index in [9.17, 15) is 0 Å². The molecule has 0 unspecified atom stereocenters. The Labute approximate surface area is 195 Å². The Balaban J connectivity index is 2.13. The quantitative estimate of drug-likeness (QED) is 0.302. The van der Waals surface area contributed by atoms with Gasteiger partial charge in [-0.25, -0.2) is 0 Å². The molecule has 0 aromatic heterocycles. The molecule has 4 aromatic carbocycles. The van der Waals surface area contributed by atoms with Crippen LogP contribution in [-0.4, -0.2) is 8.07 Å². The van der Waals surface area contributed by atoms with Gasteiger partial charge in [-0.1, -0.05) is 135 Å². The van der Waals surface area contributed by atoms with Crippen LogP contribution in [0, 0.1) is 20.8 Å². The van der Waals surface area contributed by atoms with E-state index in [0.717, 1.165) is 0 Å². The summed E-state index contributed by atoms with van der Waals surface area (Å²) in [5.41, 5.74) is 5.39. The molecule has 32 heavy (non-hydrogen) atoms. The fourth-order valence-electron chi connectivity index (χ4n) is 4.63. The van der Waals surface area contributed by atoms with Crippen molar-refractivity contribution in [3.05, 3.63) is 119 Å². The second-order valence-corrected chi connectivity index (χ2v) is 14.0. The SMILES string of the molecule is Cc1ccc([Si](c2ccc(C)cc2)(c2ccc(C)cc2)c2cccc(C(C)(C)C)c2)cc1. The molecule has 0 fully saturated rings. The Kier molecular flexibility index (Phi) is 5.96. The Morgan fingerprint density at radius 2 is 0.844 bits per heavy atom. The molecule has 4 rings (SSSR count). The molecule has 0 N–H and O–H groups in total. The van der Waals surface area contributed by atoms with Crippen molar-refractivity contribution in [2.24, 2.45) is 0 Å². The van der Waals surface area contributed by atoms with Crippen LogP contribution < -0.4 is 20.7 Å². The van der Waals surface area contributed by atoms with E-state index in [0.29, 0.717) is 0 Å². The van der Waals surface area contributed by atoms with E-state index in [-0.39, 0.29) is 5.41 Å². The number of hydrogen-bond acceptors (Lipinski definition) is 0. The maximum Gasteiger partial charge on any atom is 0.179 e. The summed E-state index contributed by atoms with van der Waals surface area (Å²) in [4.78, 5) is 0. The van der Waals surface area contributed by atoms with Crippen molar-refractivity contribution >= 4 is 28.8 Å². The van der Waals surface area contributed by atoms with E-state index in [1.54, 1.807) is 0 Å². The molecule has 0 spiro atoms. The zero-order valence-electron chi connectivity index (χ0n) is 20.2. The maximum absolute atomic E-state index is 2.48. The third-order valence-electron chi connectivity index (χ3n) is 6.62. The predicted octanol–water partition coefficient (Wildman–Crippen LogP) is 5.29. The first-order chi connectivity index (χ1) is 15.2. The molecule has 162 valence electrons. The minimum atomic E-state index is -2.48. The van der Waals surface area contributed by atoms with Gasteiger partial charge in [-0.15, -0.1) is 0 Å². The molecule has 4 aromatic rings. The van der Waals surface area contributed by atoms with Crippen LogP contribution in [0.15, 0.2) is 97.1 Å². The fourth-order valence-corrected chi connectivity index (χ4v) is 9.35. The van der Waals surface area contributed by atoms with Crippen LogP contribution in [0.3, 0.4) is 0 Å². The summed E-state index contributed by atoms with van der Waals surface area (Å²) in [5.74, 6) is 0. The number of aryl methyl sites for hydroxylation is 3. The lowest BCUT2D eigenvalue weighted by atomic mass is 9.87. The molecule has 0 aliphatic carbocycles. The van der Waals surface area contributed by atoms with Crippen LogP contribution in [0.2, 0.25) is 0 Å². The predicted molar refractivity (Wildman–Crippen MR) is 143 cm³/mol. The highest BCUT2D eigenvalue weighted by Crippen LogP contribution is 2.22. The number of benzene rings is 4. The standard InChI is InChI=1S/C31H34Si/c1-23-10-16-27(17-11-23)32(28-18-12-24(2)13-19-28,29-20-14-25(3)15-21-29)30-9-7-8-26(22-30)31(4,5)6/h7-22H,1-6H3. The monoisotopic (exact) mass is 434 g/mol. The first kappa shape index (κ1) is 22.3. The molecule has 0 atom stereocenters. The molecule has 0 nitrogen and oxygen atoms in total. The maximum atomic E-state index is 2.48. The second kappa shape index (κ2) is 8.56. The lowest BCUT2D eigenvalue weighted by Gasteiger charge is -2.35. The molecule has 0 bridgehead atoms. The van der Waals surface area contributed by atoms with Gasteiger partial charge in [0.1, 0.15) is 0 Å². The normalized spacial score (nSPS) is 12.1. The molecular weight excluding hydrogens is 400 g/mol. The summed E-state index contributed by atoms with van der Waals surface area (Å²) in [6.45, 7) is 13.4. The van der Waals surface area contributed by atoms with Gasteiger partial charge in [-0.3, -0.25) is 0 Å². The Hall–Kier alpha value is -2.90. The van der Waals surface area contributed by atoms with Crippen molar-refractivity contribution in [3.8, 4) is 0 Å². The topological polar surface area (TPSA) is 0 Å². The average molecular weight is 435 g/mol. The van der Waals surface area contributed by atoms with Crippen molar-refractivity contribution in [2.75, 3.05) is 0 Å². The molecule has 0 amide bonds. The van der Waals surface area contributed by atoms with Gasteiger partial charge in [-0.05, 0) is 52.5 Å². The highest BCUT2D eigenvalue weighted by molar-refractivity contribution is 7.19. The average Bonchev–Trinajstić information content (AvgIpc) is 2.77. The van der Waals surface area contributed by atoms with Crippen LogP contribution in [0.4, 0.5) is 0 Å². The van der Waals surface area contributed by atoms with Gasteiger partial charge in [0.15, 0.2) is 8.07 Å². The van der Waals surface area contributed by atoms with Crippen LogP contribution in [0.25, 0.3) is 0 Å². The number of hydrogen-bond donors (Lipinski definition) is 0. The molecule has 0 aliphatic heterocycles. The molecule has 0 heterocycles. The summed E-state index contributed by atoms with van der Waals surface area (Å²) in [5, 5.41) is 5.74. The largest absolute Gasteiger partial charge is 0.179 e. The van der Waals surface area contributed by atoms with Crippen LogP contribution in [0.5, 0.6) is 0 Å². The first-order valence-corrected chi connectivity index (χ1v) is 13.5. The molecule has 1 heteroatoms. The van der Waals surface area contributed by atoms with Gasteiger partial charge in [-0.2, -0.15) is 0 Å². The highest BCUT2D eigenvalue weighted by atomic mass is 28.3. The van der Waals surface area contributed by atoms with Crippen LogP contribution in [-0.2, 0) is 5.41 Å². The van der Waals surface area contributed by atoms with Gasteiger partial charge in [0, 0.05) is 0 Å². The molecular formula is C31H34Si. The van der Waals surface area contributed by atoms with E-state index >= 15 is 0 Å². The highest BCUT2D eigenvalue weighted by Gasteiger charge is 2.41. The van der Waals surface area contributed by atoms with Gasteiger partial charge >= 0.3 is 0 Å². The van der Waals surface area contributed by atoms with Gasteiger partial charge in [0.25, 0.3) is 0 Å². The summed E-state index contributed by atoms with van der Waals surface area (Å²) in [7, 11) is -2.48. The Morgan fingerprint density at radius 1 is 0.469 bits per heavy atom. The lowest BCUT2D eigenvalue weighted by molar-refractivity contribution is 0.591. The Bertz CT molecular complexity index is 1080. The summed E-state index contributed by atoms with van der Waals surface area (Å²) >= 11 is 0. The minimum Gasteiger partial charge on any atom is -0.0620 e. The van der Waals surface area contributed by atoms with E-state index in [2.05, 4.69) is 139 Å². The summed E-state index contributed by atoms with van der Waals surface area (Å²) in [6, 6.07) is 37.2. The van der Waals surface area contributed by atoms with Crippen LogP contribution >= 0.6 is 0 Å². The minimum absolute atomic E-state index is 0.101. The van der Waals surface area contributed by atoms with Gasteiger partial charge in [0.2, 0.25) is 0 Å². The van der Waals surface area contributed by atoms with E-state index in [4.69, 9.17) is 0 Å². The lowest BCUT2D eigenvalue weighted by Crippen LogP contribution is -2.74. The van der Waals surface area contributed by atoms with E-state index in [1.807, 2.05) is 0 Å². The molecule has 0 saturated heterocycles. The number of rotatable bonds is 4. The molecule has 0 saturated carbocycles. The third kappa shape index (κ3) is 4.10. The molecule has 0 radical (unpaired) electrons. The second-order valence-electron chi connectivity index (χ2n) is 10.2. The summed E-state index contributed by atoms with van der Waals surface area (Å²) in [6.07, 6.45) is 0. The summed E-state index contributed by atoms with van der Waals surface area (Å²) < 4.78 is 0. The van der Waals surface area contributed by atoms with Crippen LogP contribution in [0.1, 0.15) is 43.0 Å². The fraction of sp³-hybridized carbons (Fsp3) is 0.226. The van der Waals surface area contributed by atoms with E-state index in [1.165, 1.54) is 43.0 Å². The van der Waals surface area contributed by atoms with E-state index < -0.39 is 8.07 Å². The van der Waals surface area contributed by atoms with Crippen molar-refractivity contribution in [3.63, 3.8) is 0 Å². The zero-order valence-corrected chi connectivity index (χ0v) is 21.2. The molecule has 0 aliphatic rings. The smallest absolute Gasteiger partial charge is 0.0620 e. The first-order valence-electron chi connectivity index (χ1n) is 11.5. The van der Waals surface area contributed by atoms with Crippen molar-refractivity contribution in [2.45, 2.75) is 47.0 Å². The third-order valence-corrected chi connectivity index (χ3v) is 11.4. The zero-order chi connectivity index (χ0) is 22.9. The van der Waals surface area contributed by atoms with Crippen molar-refractivity contribution < 1.29 is 0 Å².